The molecule has 88 valence electrons. The first-order chi connectivity index (χ1) is 7.30. The van der Waals surface area contributed by atoms with Crippen LogP contribution < -0.4 is 5.32 Å². The van der Waals surface area contributed by atoms with E-state index in [2.05, 4.69) is 27.9 Å². The zero-order valence-electron chi connectivity index (χ0n) is 7.75. The first kappa shape index (κ1) is 14.3. The summed E-state index contributed by atoms with van der Waals surface area (Å²) in [5.74, 6) is -0.502. The van der Waals surface area contributed by atoms with Crippen molar-refractivity contribution in [3.8, 4) is 0 Å². The van der Waals surface area contributed by atoms with Crippen LogP contribution in [0.25, 0.3) is 0 Å². The van der Waals surface area contributed by atoms with Crippen molar-refractivity contribution in [3.05, 3.63) is 33.4 Å². The minimum Gasteiger partial charge on any atom is -0.369 e. The maximum Gasteiger partial charge on any atom is 0.253 e. The normalized spacial score (nSPS) is 13.3. The van der Waals surface area contributed by atoms with Gasteiger partial charge in [-0.1, -0.05) is 40.9 Å². The number of amides is 1. The number of hydrogen-bond acceptors (Lipinski definition) is 2. The van der Waals surface area contributed by atoms with Gasteiger partial charge in [-0.2, -0.15) is 0 Å². The molecule has 0 heterocycles. The number of alkyl halides is 3. The molecule has 0 saturated carbocycles. The third-order valence-corrected chi connectivity index (χ3v) is 2.96. The van der Waals surface area contributed by atoms with E-state index < -0.39 is 15.9 Å². The van der Waals surface area contributed by atoms with Crippen LogP contribution in [0.1, 0.15) is 10.4 Å². The number of halogens is 4. The average molecular weight is 394 g/mol. The highest BCUT2D eigenvalue weighted by Gasteiger charge is 2.32. The number of aliphatic hydroxyl groups excluding tert-OH is 1. The maximum atomic E-state index is 11.6. The lowest BCUT2D eigenvalue weighted by Crippen LogP contribution is -2.43. The molecule has 1 rings (SSSR count). The van der Waals surface area contributed by atoms with Gasteiger partial charge in [0.1, 0.15) is 0 Å². The van der Waals surface area contributed by atoms with Crippen molar-refractivity contribution in [2.45, 2.75) is 10.0 Å². The van der Waals surface area contributed by atoms with Gasteiger partial charge < -0.3 is 10.4 Å². The zero-order chi connectivity index (χ0) is 12.3. The Labute approximate surface area is 121 Å². The molecular weight excluding hydrogens is 387 g/mol. The van der Waals surface area contributed by atoms with Gasteiger partial charge in [0.25, 0.3) is 5.91 Å². The zero-order valence-corrected chi connectivity index (χ0v) is 12.2. The minimum atomic E-state index is -1.95. The molecular formula is C9H7Cl3INO2. The molecule has 1 unspecified atom stereocenters. The van der Waals surface area contributed by atoms with E-state index in [0.29, 0.717) is 5.56 Å². The Morgan fingerprint density at radius 2 is 2.06 bits per heavy atom. The lowest BCUT2D eigenvalue weighted by atomic mass is 10.2. The molecule has 0 fully saturated rings. The molecule has 1 atom stereocenters. The van der Waals surface area contributed by atoms with Gasteiger partial charge >= 0.3 is 0 Å². The van der Waals surface area contributed by atoms with E-state index >= 15 is 0 Å². The van der Waals surface area contributed by atoms with Crippen LogP contribution in [0.2, 0.25) is 0 Å². The largest absolute Gasteiger partial charge is 0.369 e. The number of carbonyl (C=O) groups is 1. The number of carbonyl (C=O) groups excluding carboxylic acids is 1. The maximum absolute atomic E-state index is 11.6. The topological polar surface area (TPSA) is 49.3 Å². The van der Waals surface area contributed by atoms with Crippen LogP contribution >= 0.6 is 57.4 Å². The Hall–Kier alpha value is 0.250. The lowest BCUT2D eigenvalue weighted by molar-refractivity contribution is 0.0791. The predicted octanol–water partition coefficient (Wildman–Crippen LogP) is 2.71. The summed E-state index contributed by atoms with van der Waals surface area (Å²) in [6, 6.07) is 6.81. The molecule has 0 spiro atoms. The Morgan fingerprint density at radius 3 is 2.56 bits per heavy atom. The molecule has 2 N–H and O–H groups in total. The minimum absolute atomic E-state index is 0.389. The molecule has 0 aliphatic carbocycles. The molecule has 0 radical (unpaired) electrons. The van der Waals surface area contributed by atoms with Crippen LogP contribution in [0.4, 0.5) is 0 Å². The van der Waals surface area contributed by atoms with Gasteiger partial charge in [0, 0.05) is 9.13 Å². The van der Waals surface area contributed by atoms with Crippen LogP contribution in [0.15, 0.2) is 24.3 Å². The molecule has 3 nitrogen and oxygen atoms in total. The quantitative estimate of drug-likeness (QED) is 0.460. The van der Waals surface area contributed by atoms with E-state index in [4.69, 9.17) is 34.8 Å². The Bertz CT molecular complexity index is 395. The molecule has 1 aromatic rings. The van der Waals surface area contributed by atoms with Crippen LogP contribution in [0.5, 0.6) is 0 Å². The van der Waals surface area contributed by atoms with E-state index in [1.54, 1.807) is 18.2 Å². The van der Waals surface area contributed by atoms with Crippen LogP contribution in [0.3, 0.4) is 0 Å². The summed E-state index contributed by atoms with van der Waals surface area (Å²) in [5, 5.41) is 11.5. The van der Waals surface area contributed by atoms with Crippen molar-refractivity contribution in [1.82, 2.24) is 5.32 Å². The third kappa shape index (κ3) is 4.25. The number of rotatable bonds is 2. The molecule has 1 amide bonds. The lowest BCUT2D eigenvalue weighted by Gasteiger charge is -2.19. The number of nitrogens with one attached hydrogen (secondary N) is 1. The third-order valence-electron chi connectivity index (χ3n) is 1.66. The first-order valence-electron chi connectivity index (χ1n) is 4.12. The Morgan fingerprint density at radius 1 is 1.44 bits per heavy atom. The fourth-order valence-electron chi connectivity index (χ4n) is 0.919. The Kier molecular flexibility index (Phi) is 5.12. The molecule has 1 aromatic carbocycles. The van der Waals surface area contributed by atoms with Crippen molar-refractivity contribution < 1.29 is 9.90 Å². The summed E-state index contributed by atoms with van der Waals surface area (Å²) in [4.78, 5) is 11.6. The van der Waals surface area contributed by atoms with Crippen LogP contribution in [0, 0.1) is 3.57 Å². The molecule has 16 heavy (non-hydrogen) atoms. The van der Waals surface area contributed by atoms with Crippen molar-refractivity contribution in [2.75, 3.05) is 0 Å². The molecule has 0 saturated heterocycles. The Balaban J connectivity index is 2.74. The highest BCUT2D eigenvalue weighted by Crippen LogP contribution is 2.29. The standard InChI is InChI=1S/C9H7Cl3INO2/c10-9(11,12)8(16)14-7(15)5-2-1-3-6(13)4-5/h1-4,8,16H,(H,14,15). The number of benzene rings is 1. The van der Waals surface area contributed by atoms with E-state index in [-0.39, 0.29) is 0 Å². The summed E-state index contributed by atoms with van der Waals surface area (Å²) < 4.78 is -1.05. The molecule has 0 bridgehead atoms. The summed E-state index contributed by atoms with van der Waals surface area (Å²) in [5.41, 5.74) is 0.389. The summed E-state index contributed by atoms with van der Waals surface area (Å²) in [6.45, 7) is 0. The van der Waals surface area contributed by atoms with Gasteiger partial charge in [0.05, 0.1) is 0 Å². The fourth-order valence-corrected chi connectivity index (χ4v) is 1.63. The SMILES string of the molecule is O=C(NC(O)C(Cl)(Cl)Cl)c1cccc(I)c1. The predicted molar refractivity (Wildman–Crippen MR) is 72.9 cm³/mol. The number of hydrogen-bond donors (Lipinski definition) is 2. The second-order valence-electron chi connectivity index (χ2n) is 2.93. The second kappa shape index (κ2) is 5.73. The smallest absolute Gasteiger partial charge is 0.253 e. The number of aliphatic hydroxyl groups is 1. The van der Waals surface area contributed by atoms with E-state index in [9.17, 15) is 9.90 Å². The van der Waals surface area contributed by atoms with Crippen molar-refractivity contribution >= 4 is 63.3 Å². The molecule has 0 aromatic heterocycles. The van der Waals surface area contributed by atoms with Gasteiger partial charge in [-0.25, -0.2) is 0 Å². The fraction of sp³-hybridized carbons (Fsp3) is 0.222. The van der Waals surface area contributed by atoms with Gasteiger partial charge in [-0.05, 0) is 40.8 Å². The summed E-state index contributed by atoms with van der Waals surface area (Å²) >= 11 is 18.3. The monoisotopic (exact) mass is 393 g/mol. The van der Waals surface area contributed by atoms with Gasteiger partial charge in [-0.3, -0.25) is 4.79 Å². The van der Waals surface area contributed by atoms with Gasteiger partial charge in [0.2, 0.25) is 3.79 Å². The molecule has 7 heteroatoms. The van der Waals surface area contributed by atoms with Crippen molar-refractivity contribution in [1.29, 1.82) is 0 Å². The van der Waals surface area contributed by atoms with E-state index in [1.165, 1.54) is 0 Å². The molecule has 0 aliphatic rings. The average Bonchev–Trinajstić information content (AvgIpc) is 2.16. The highest BCUT2D eigenvalue weighted by molar-refractivity contribution is 14.1. The summed E-state index contributed by atoms with van der Waals surface area (Å²) in [6.07, 6.45) is -1.55. The first-order valence-corrected chi connectivity index (χ1v) is 6.33. The highest BCUT2D eigenvalue weighted by atomic mass is 127. The second-order valence-corrected chi connectivity index (χ2v) is 6.54. The van der Waals surface area contributed by atoms with Crippen molar-refractivity contribution in [2.24, 2.45) is 0 Å². The van der Waals surface area contributed by atoms with E-state index in [0.717, 1.165) is 3.57 Å². The van der Waals surface area contributed by atoms with Gasteiger partial charge in [-0.15, -0.1) is 0 Å². The van der Waals surface area contributed by atoms with Gasteiger partial charge in [0.15, 0.2) is 6.23 Å². The van der Waals surface area contributed by atoms with E-state index in [1.807, 2.05) is 6.07 Å². The summed E-state index contributed by atoms with van der Waals surface area (Å²) in [7, 11) is 0. The van der Waals surface area contributed by atoms with Crippen molar-refractivity contribution in [3.63, 3.8) is 0 Å². The van der Waals surface area contributed by atoms with Crippen LogP contribution in [-0.4, -0.2) is 21.0 Å². The molecule has 0 aliphatic heterocycles. The van der Waals surface area contributed by atoms with Crippen LogP contribution in [-0.2, 0) is 0 Å².